The van der Waals surface area contributed by atoms with Crippen LogP contribution < -0.4 is 15.5 Å². The van der Waals surface area contributed by atoms with Gasteiger partial charge in [0, 0.05) is 55.5 Å². The van der Waals surface area contributed by atoms with Gasteiger partial charge in [-0.25, -0.2) is 17.8 Å². The number of anilines is 5. The molecule has 2 heterocycles. The molecule has 3 aromatic rings. The zero-order valence-electron chi connectivity index (χ0n) is 22.2. The van der Waals surface area contributed by atoms with Crippen LogP contribution >= 0.6 is 0 Å². The third-order valence-corrected chi connectivity index (χ3v) is 9.24. The van der Waals surface area contributed by atoms with Crippen LogP contribution in [0.3, 0.4) is 0 Å². The zero-order valence-corrected chi connectivity index (χ0v) is 23.0. The zero-order chi connectivity index (χ0) is 26.8. The highest BCUT2D eigenvalue weighted by molar-refractivity contribution is 7.91. The number of rotatable bonds is 7. The molecule has 0 atom stereocenters. The Balaban J connectivity index is 1.48. The number of aromatic nitrogens is 1. The molecular formula is C28H36FN5O2S. The van der Waals surface area contributed by atoms with Crippen LogP contribution in [0.5, 0.6) is 0 Å². The van der Waals surface area contributed by atoms with E-state index in [9.17, 15) is 12.8 Å². The van der Waals surface area contributed by atoms with E-state index in [2.05, 4.69) is 32.5 Å². The predicted octanol–water partition coefficient (Wildman–Crippen LogP) is 5.48. The van der Waals surface area contributed by atoms with Crippen molar-refractivity contribution in [2.75, 3.05) is 48.8 Å². The lowest BCUT2D eigenvalue weighted by Crippen LogP contribution is -2.44. The molecule has 2 N–H and O–H groups in total. The van der Waals surface area contributed by atoms with Gasteiger partial charge in [0.15, 0.2) is 9.84 Å². The normalized spacial score (nSPS) is 15.0. The van der Waals surface area contributed by atoms with Gasteiger partial charge in [0.1, 0.15) is 11.6 Å². The molecule has 7 nitrogen and oxygen atoms in total. The molecule has 0 radical (unpaired) electrons. The summed E-state index contributed by atoms with van der Waals surface area (Å²) in [5, 5.41) is 6.57. The first kappa shape index (κ1) is 26.9. The lowest BCUT2D eigenvalue weighted by atomic mass is 10.2. The molecule has 0 spiro atoms. The van der Waals surface area contributed by atoms with Gasteiger partial charge in [-0.2, -0.15) is 0 Å². The first-order valence-corrected chi connectivity index (χ1v) is 14.1. The number of benzene rings is 2. The number of sulfone groups is 1. The van der Waals surface area contributed by atoms with Crippen LogP contribution in [0.25, 0.3) is 0 Å². The second kappa shape index (κ2) is 10.7. The fraction of sp³-hybridized carbons (Fsp3) is 0.393. The van der Waals surface area contributed by atoms with E-state index in [1.54, 1.807) is 27.0 Å². The van der Waals surface area contributed by atoms with E-state index >= 15 is 0 Å². The summed E-state index contributed by atoms with van der Waals surface area (Å²) in [6.45, 7) is 10.5. The van der Waals surface area contributed by atoms with Gasteiger partial charge in [0.05, 0.1) is 16.2 Å². The van der Waals surface area contributed by atoms with E-state index in [0.29, 0.717) is 17.2 Å². The summed E-state index contributed by atoms with van der Waals surface area (Å²) in [5.41, 5.74) is 4.49. The van der Waals surface area contributed by atoms with Gasteiger partial charge in [-0.3, -0.25) is 0 Å². The lowest BCUT2D eigenvalue weighted by Gasteiger charge is -2.34. The van der Waals surface area contributed by atoms with E-state index in [4.69, 9.17) is 0 Å². The van der Waals surface area contributed by atoms with E-state index in [0.717, 1.165) is 48.7 Å². The van der Waals surface area contributed by atoms with E-state index in [1.807, 2.05) is 49.4 Å². The first-order chi connectivity index (χ1) is 17.4. The minimum atomic E-state index is -3.29. The molecule has 4 rings (SSSR count). The van der Waals surface area contributed by atoms with Gasteiger partial charge in [-0.1, -0.05) is 12.1 Å². The minimum absolute atomic E-state index is 0.0240. The molecule has 1 aliphatic rings. The maximum atomic E-state index is 14.9. The second-order valence-electron chi connectivity index (χ2n) is 10.7. The molecule has 9 heteroatoms. The fourth-order valence-corrected chi connectivity index (χ4v) is 5.14. The average Bonchev–Trinajstić information content (AvgIpc) is 2.81. The molecule has 0 bridgehead atoms. The van der Waals surface area contributed by atoms with Crippen LogP contribution in [0.15, 0.2) is 54.7 Å². The Labute approximate surface area is 219 Å². The summed E-state index contributed by atoms with van der Waals surface area (Å²) in [7, 11) is -1.21. The third-order valence-electron chi connectivity index (χ3n) is 6.66. The van der Waals surface area contributed by atoms with Crippen LogP contribution in [0.2, 0.25) is 0 Å². The standard InChI is InChI=1S/C28H36FN5O2S/c1-20-18-30-27(32-23-9-10-26(24(29)16-23)34-13-11-33(5)12-14-34)17-25(20)31-22-8-6-7-21(15-22)19-37(35,36)28(2,3)4/h6-10,15-18H,11-14,19H2,1-5H3,(H2,30,31,32). The summed E-state index contributed by atoms with van der Waals surface area (Å²) >= 11 is 0. The maximum absolute atomic E-state index is 14.9. The monoisotopic (exact) mass is 525 g/mol. The van der Waals surface area contributed by atoms with Crippen molar-refractivity contribution >= 4 is 38.4 Å². The Bertz CT molecular complexity index is 1360. The second-order valence-corrected chi connectivity index (χ2v) is 13.4. The highest BCUT2D eigenvalue weighted by atomic mass is 32.2. The Morgan fingerprint density at radius 1 is 0.973 bits per heavy atom. The molecule has 1 fully saturated rings. The number of pyridine rings is 1. The van der Waals surface area contributed by atoms with E-state index < -0.39 is 14.6 Å². The topological polar surface area (TPSA) is 77.6 Å². The average molecular weight is 526 g/mol. The molecule has 1 aromatic heterocycles. The molecule has 37 heavy (non-hydrogen) atoms. The fourth-order valence-electron chi connectivity index (χ4n) is 4.09. The van der Waals surface area contributed by atoms with Crippen LogP contribution in [0, 0.1) is 12.7 Å². The van der Waals surface area contributed by atoms with Crippen molar-refractivity contribution in [2.45, 2.75) is 38.2 Å². The Kier molecular flexibility index (Phi) is 7.75. The number of likely N-dealkylation sites (N-methyl/N-ethyl adjacent to an activating group) is 1. The molecule has 1 aliphatic heterocycles. The number of hydrogen-bond donors (Lipinski definition) is 2. The molecule has 0 amide bonds. The van der Waals surface area contributed by atoms with Crippen molar-refractivity contribution in [1.82, 2.24) is 9.88 Å². The number of aryl methyl sites for hydroxylation is 1. The smallest absolute Gasteiger partial charge is 0.159 e. The van der Waals surface area contributed by atoms with Crippen molar-refractivity contribution in [1.29, 1.82) is 0 Å². The van der Waals surface area contributed by atoms with Crippen LogP contribution in [0.1, 0.15) is 31.9 Å². The Hall–Kier alpha value is -3.17. The summed E-state index contributed by atoms with van der Waals surface area (Å²) in [6, 6.07) is 14.5. The molecule has 0 saturated carbocycles. The first-order valence-electron chi connectivity index (χ1n) is 12.5. The summed E-state index contributed by atoms with van der Waals surface area (Å²) in [6.07, 6.45) is 1.74. The van der Waals surface area contributed by atoms with E-state index in [-0.39, 0.29) is 11.6 Å². The largest absolute Gasteiger partial charge is 0.367 e. The highest BCUT2D eigenvalue weighted by Crippen LogP contribution is 2.29. The molecule has 1 saturated heterocycles. The van der Waals surface area contributed by atoms with Gasteiger partial charge in [0.25, 0.3) is 0 Å². The van der Waals surface area contributed by atoms with Crippen molar-refractivity contribution in [3.63, 3.8) is 0 Å². The van der Waals surface area contributed by atoms with E-state index in [1.165, 1.54) is 6.07 Å². The molecule has 0 aliphatic carbocycles. The van der Waals surface area contributed by atoms with Gasteiger partial charge in [0.2, 0.25) is 0 Å². The molecule has 198 valence electrons. The third kappa shape index (κ3) is 6.59. The molecule has 0 unspecified atom stereocenters. The Morgan fingerprint density at radius 2 is 1.68 bits per heavy atom. The van der Waals surface area contributed by atoms with Crippen molar-refractivity contribution < 1.29 is 12.8 Å². The Morgan fingerprint density at radius 3 is 2.35 bits per heavy atom. The van der Waals surface area contributed by atoms with Gasteiger partial charge in [-0.15, -0.1) is 0 Å². The van der Waals surface area contributed by atoms with Gasteiger partial charge < -0.3 is 20.4 Å². The van der Waals surface area contributed by atoms with Crippen LogP contribution in [-0.4, -0.2) is 56.3 Å². The van der Waals surface area contributed by atoms with Crippen molar-refractivity contribution in [3.05, 3.63) is 71.7 Å². The quantitative estimate of drug-likeness (QED) is 0.423. The van der Waals surface area contributed by atoms with Crippen LogP contribution in [0.4, 0.5) is 33.0 Å². The molecule has 2 aromatic carbocycles. The summed E-state index contributed by atoms with van der Waals surface area (Å²) in [4.78, 5) is 8.77. The minimum Gasteiger partial charge on any atom is -0.367 e. The number of piperazine rings is 1. The lowest BCUT2D eigenvalue weighted by molar-refractivity contribution is 0.311. The van der Waals surface area contributed by atoms with Gasteiger partial charge >= 0.3 is 0 Å². The SMILES string of the molecule is Cc1cnc(Nc2ccc(N3CCN(C)CC3)c(F)c2)cc1Nc1cccc(CS(=O)(=O)C(C)(C)C)c1. The number of nitrogens with zero attached hydrogens (tertiary/aromatic N) is 3. The maximum Gasteiger partial charge on any atom is 0.159 e. The number of nitrogens with one attached hydrogen (secondary N) is 2. The van der Waals surface area contributed by atoms with Gasteiger partial charge in [-0.05, 0) is 76.2 Å². The molecular weight excluding hydrogens is 489 g/mol. The van der Waals surface area contributed by atoms with Crippen molar-refractivity contribution in [2.24, 2.45) is 0 Å². The number of hydrogen-bond acceptors (Lipinski definition) is 7. The summed E-state index contributed by atoms with van der Waals surface area (Å²) in [5.74, 6) is 0.289. The van der Waals surface area contributed by atoms with Crippen LogP contribution in [-0.2, 0) is 15.6 Å². The predicted molar refractivity (Wildman–Crippen MR) is 150 cm³/mol. The summed E-state index contributed by atoms with van der Waals surface area (Å²) < 4.78 is 39.4. The highest BCUT2D eigenvalue weighted by Gasteiger charge is 2.29. The number of halogens is 1. The van der Waals surface area contributed by atoms with Crippen molar-refractivity contribution in [3.8, 4) is 0 Å².